The number of unbranched alkanes of at least 4 members (excludes halogenated alkanes) is 3. The molecule has 13 heteroatoms. The van der Waals surface area contributed by atoms with Crippen molar-refractivity contribution in [2.75, 3.05) is 50.1 Å². The van der Waals surface area contributed by atoms with Crippen LogP contribution >= 0.6 is 11.6 Å². The molecule has 338 valence electrons. The molecule has 12 nitrogen and oxygen atoms in total. The number of anilines is 2. The summed E-state index contributed by atoms with van der Waals surface area (Å²) < 4.78 is 15.1. The standard InChI is InChI=1S/C51H61ClN6O6/c1-33(2)64-45-31-41-37(29-44(45)63-5)30-47(60)57(48(41)36-14-16-38(52)17-15-36)40-20-18-39(19-21-40)54(3)32-34-24-27-56(28-25-34)26-9-7-6-8-11-35-12-10-13-42-49(35)55(4)51(62)58(42)43-22-23-46(59)53-50(43)61/h10,12-21,29,31,33-34,43,48H,6-9,11,22-28,30,32H2,1-5H3,(H,53,59,61)/t43?,48-/m0/s1. The average Bonchev–Trinajstić information content (AvgIpc) is 3.53. The molecule has 8 rings (SSSR count). The predicted octanol–water partition coefficient (Wildman–Crippen LogP) is 8.40. The number of ether oxygens (including phenoxy) is 2. The van der Waals surface area contributed by atoms with Gasteiger partial charge in [-0.2, -0.15) is 0 Å². The molecule has 4 aromatic carbocycles. The molecule has 3 aliphatic rings. The van der Waals surface area contributed by atoms with Gasteiger partial charge in [0.05, 0.1) is 36.7 Å². The highest BCUT2D eigenvalue weighted by Gasteiger charge is 2.37. The van der Waals surface area contributed by atoms with E-state index in [4.69, 9.17) is 21.1 Å². The zero-order valence-corrected chi connectivity index (χ0v) is 38.5. The number of aryl methyl sites for hydroxylation is 2. The summed E-state index contributed by atoms with van der Waals surface area (Å²) in [5, 5.41) is 3.04. The third-order valence-corrected chi connectivity index (χ3v) is 13.6. The van der Waals surface area contributed by atoms with Gasteiger partial charge in [0.15, 0.2) is 11.5 Å². The minimum atomic E-state index is -0.672. The quantitative estimate of drug-likeness (QED) is 0.0776. The fourth-order valence-corrected chi connectivity index (χ4v) is 10.2. The van der Waals surface area contributed by atoms with Gasteiger partial charge in [-0.05, 0) is 155 Å². The van der Waals surface area contributed by atoms with Crippen molar-refractivity contribution in [3.05, 3.63) is 117 Å². The van der Waals surface area contributed by atoms with Crippen molar-refractivity contribution < 1.29 is 23.9 Å². The van der Waals surface area contributed by atoms with Crippen molar-refractivity contribution in [2.45, 2.75) is 96.2 Å². The highest BCUT2D eigenvalue weighted by molar-refractivity contribution is 6.30. The number of imidazole rings is 1. The molecule has 0 bridgehead atoms. The zero-order valence-electron chi connectivity index (χ0n) is 37.8. The Hall–Kier alpha value is -5.59. The van der Waals surface area contributed by atoms with Crippen LogP contribution in [0.25, 0.3) is 11.0 Å². The number of piperidine rings is 2. The number of fused-ring (bicyclic) bond motifs is 2. The molecule has 1 unspecified atom stereocenters. The molecule has 4 heterocycles. The summed E-state index contributed by atoms with van der Waals surface area (Å²) in [5.74, 6) is 1.21. The molecule has 5 aromatic rings. The van der Waals surface area contributed by atoms with Crippen molar-refractivity contribution in [1.82, 2.24) is 19.4 Å². The summed E-state index contributed by atoms with van der Waals surface area (Å²) in [6, 6.07) is 25.0. The number of hydrogen-bond acceptors (Lipinski definition) is 8. The van der Waals surface area contributed by atoms with Crippen molar-refractivity contribution in [1.29, 1.82) is 0 Å². The summed E-state index contributed by atoms with van der Waals surface area (Å²) in [6.45, 7) is 8.29. The number of methoxy groups -OCH3 is 1. The minimum Gasteiger partial charge on any atom is -0.493 e. The highest BCUT2D eigenvalue weighted by Crippen LogP contribution is 2.44. The van der Waals surface area contributed by atoms with Gasteiger partial charge in [-0.25, -0.2) is 4.79 Å². The maximum atomic E-state index is 14.0. The van der Waals surface area contributed by atoms with Crippen LogP contribution in [0, 0.1) is 5.92 Å². The van der Waals surface area contributed by atoms with Crippen molar-refractivity contribution >= 4 is 51.7 Å². The number of amides is 3. The van der Waals surface area contributed by atoms with Crippen LogP contribution in [-0.4, -0.2) is 78.2 Å². The van der Waals surface area contributed by atoms with E-state index in [0.717, 1.165) is 103 Å². The molecule has 2 fully saturated rings. The Morgan fingerprint density at radius 3 is 2.31 bits per heavy atom. The monoisotopic (exact) mass is 888 g/mol. The Morgan fingerprint density at radius 1 is 0.875 bits per heavy atom. The first-order chi connectivity index (χ1) is 30.9. The number of benzene rings is 4. The zero-order chi connectivity index (χ0) is 45.1. The number of imide groups is 1. The molecule has 3 amide bonds. The third kappa shape index (κ3) is 9.59. The molecule has 64 heavy (non-hydrogen) atoms. The van der Waals surface area contributed by atoms with E-state index in [2.05, 4.69) is 52.5 Å². The number of likely N-dealkylation sites (tertiary alicyclic amines) is 1. The topological polar surface area (TPSA) is 118 Å². The summed E-state index contributed by atoms with van der Waals surface area (Å²) >= 11 is 6.33. The van der Waals surface area contributed by atoms with E-state index < -0.39 is 11.9 Å². The first kappa shape index (κ1) is 45.0. The minimum absolute atomic E-state index is 0.0170. The van der Waals surface area contributed by atoms with E-state index in [1.54, 1.807) is 23.3 Å². The van der Waals surface area contributed by atoms with Gasteiger partial charge in [0.1, 0.15) is 6.04 Å². The van der Waals surface area contributed by atoms with Gasteiger partial charge < -0.3 is 24.2 Å². The van der Waals surface area contributed by atoms with E-state index in [1.807, 2.05) is 67.3 Å². The largest absolute Gasteiger partial charge is 0.493 e. The Balaban J connectivity index is 0.822. The van der Waals surface area contributed by atoms with Crippen molar-refractivity contribution in [3.8, 4) is 11.5 Å². The van der Waals surface area contributed by atoms with Crippen LogP contribution < -0.4 is 30.3 Å². The number of halogens is 1. The maximum absolute atomic E-state index is 14.0. The number of hydrogen-bond donors (Lipinski definition) is 1. The third-order valence-electron chi connectivity index (χ3n) is 13.3. The number of aromatic nitrogens is 2. The fourth-order valence-electron chi connectivity index (χ4n) is 10.0. The summed E-state index contributed by atoms with van der Waals surface area (Å²) in [7, 11) is 5.56. The fraction of sp³-hybridized carbons (Fsp3) is 0.451. The molecule has 1 aromatic heterocycles. The van der Waals surface area contributed by atoms with E-state index in [0.29, 0.717) is 28.9 Å². The Labute approximate surface area is 381 Å². The van der Waals surface area contributed by atoms with E-state index in [-0.39, 0.29) is 42.5 Å². The number of carbonyl (C=O) groups is 3. The van der Waals surface area contributed by atoms with Crippen LogP contribution in [0.15, 0.2) is 83.7 Å². The highest BCUT2D eigenvalue weighted by atomic mass is 35.5. The molecule has 3 aliphatic heterocycles. The average molecular weight is 890 g/mol. The number of para-hydroxylation sites is 1. The second kappa shape index (κ2) is 19.7. The van der Waals surface area contributed by atoms with Crippen LogP contribution in [0.2, 0.25) is 5.02 Å². The first-order valence-corrected chi connectivity index (χ1v) is 23.3. The van der Waals surface area contributed by atoms with Gasteiger partial charge in [0, 0.05) is 43.5 Å². The summed E-state index contributed by atoms with van der Waals surface area (Å²) in [5.41, 5.74) is 7.39. The normalized spacial score (nSPS) is 18.4. The lowest BCUT2D eigenvalue weighted by Gasteiger charge is -2.38. The van der Waals surface area contributed by atoms with Crippen molar-refractivity contribution in [3.63, 3.8) is 0 Å². The lowest BCUT2D eigenvalue weighted by molar-refractivity contribution is -0.135. The van der Waals surface area contributed by atoms with Crippen LogP contribution in [0.4, 0.5) is 11.4 Å². The van der Waals surface area contributed by atoms with Gasteiger partial charge >= 0.3 is 5.69 Å². The Bertz CT molecular complexity index is 2540. The van der Waals surface area contributed by atoms with Crippen LogP contribution in [0.5, 0.6) is 11.5 Å². The first-order valence-electron chi connectivity index (χ1n) is 22.9. The van der Waals surface area contributed by atoms with E-state index >= 15 is 0 Å². The molecule has 0 radical (unpaired) electrons. The summed E-state index contributed by atoms with van der Waals surface area (Å²) in [6.07, 6.45) is 8.44. The van der Waals surface area contributed by atoms with Gasteiger partial charge in [0.25, 0.3) is 0 Å². The van der Waals surface area contributed by atoms with E-state index in [1.165, 1.54) is 12.8 Å². The molecular weight excluding hydrogens is 828 g/mol. The Morgan fingerprint density at radius 2 is 1.61 bits per heavy atom. The number of carbonyl (C=O) groups excluding carboxylic acids is 3. The number of rotatable bonds is 16. The second-order valence-corrected chi connectivity index (χ2v) is 18.5. The molecule has 2 saturated heterocycles. The SMILES string of the molecule is COc1cc2c(cc1OC(C)C)[C@H](c1ccc(Cl)cc1)N(c1ccc(N(C)CC3CCN(CCCCCCc4cccc5c4n(C)c(=O)n5C4CCC(=O)NC4=O)CC3)cc1)C(=O)C2. The molecule has 2 atom stereocenters. The number of nitrogens with zero attached hydrogens (tertiary/aromatic N) is 5. The number of nitrogens with one attached hydrogen (secondary N) is 1. The van der Waals surface area contributed by atoms with Gasteiger partial charge in [0.2, 0.25) is 17.7 Å². The molecule has 0 saturated carbocycles. The molecular formula is C51H61ClN6O6. The maximum Gasteiger partial charge on any atom is 0.329 e. The summed E-state index contributed by atoms with van der Waals surface area (Å²) in [4.78, 5) is 58.6. The molecule has 0 aliphatic carbocycles. The van der Waals surface area contributed by atoms with Crippen LogP contribution in [-0.2, 0) is 34.3 Å². The smallest absolute Gasteiger partial charge is 0.329 e. The van der Waals surface area contributed by atoms with Crippen LogP contribution in [0.1, 0.15) is 99.6 Å². The van der Waals surface area contributed by atoms with Gasteiger partial charge in [-0.3, -0.25) is 28.8 Å². The van der Waals surface area contributed by atoms with Gasteiger partial charge in [-0.1, -0.05) is 48.7 Å². The second-order valence-electron chi connectivity index (χ2n) is 18.1. The lowest BCUT2D eigenvalue weighted by Crippen LogP contribution is -2.44. The van der Waals surface area contributed by atoms with Gasteiger partial charge in [-0.15, -0.1) is 0 Å². The predicted molar refractivity (Wildman–Crippen MR) is 253 cm³/mol. The van der Waals surface area contributed by atoms with Crippen molar-refractivity contribution in [2.24, 2.45) is 13.0 Å². The van der Waals surface area contributed by atoms with E-state index in [9.17, 15) is 19.2 Å². The van der Waals surface area contributed by atoms with Crippen LogP contribution in [0.3, 0.4) is 0 Å². The lowest BCUT2D eigenvalue weighted by atomic mass is 9.86. The molecule has 0 spiro atoms. The molecule has 1 N–H and O–H groups in total. The Kier molecular flexibility index (Phi) is 13.8.